The SMILES string of the molecule is CCS(=O)(=O)NCCc1sc(-c2cccnc2)nc1C. The van der Waals surface area contributed by atoms with Crippen molar-refractivity contribution in [2.24, 2.45) is 0 Å². The molecule has 2 aromatic rings. The first-order chi connectivity index (χ1) is 9.52. The van der Waals surface area contributed by atoms with Crippen LogP contribution in [0, 0.1) is 6.92 Å². The zero-order valence-corrected chi connectivity index (χ0v) is 13.1. The van der Waals surface area contributed by atoms with Gasteiger partial charge in [-0.05, 0) is 32.4 Å². The molecule has 0 spiro atoms. The van der Waals surface area contributed by atoms with Gasteiger partial charge in [0.1, 0.15) is 5.01 Å². The van der Waals surface area contributed by atoms with Crippen molar-refractivity contribution in [2.75, 3.05) is 12.3 Å². The normalized spacial score (nSPS) is 11.7. The molecule has 0 aliphatic rings. The summed E-state index contributed by atoms with van der Waals surface area (Å²) in [6.07, 6.45) is 4.16. The minimum absolute atomic E-state index is 0.107. The van der Waals surface area contributed by atoms with E-state index in [1.165, 1.54) is 0 Å². The summed E-state index contributed by atoms with van der Waals surface area (Å²) in [5.41, 5.74) is 1.94. The number of aryl methyl sites for hydroxylation is 1. The maximum Gasteiger partial charge on any atom is 0.211 e. The molecule has 0 radical (unpaired) electrons. The van der Waals surface area contributed by atoms with Gasteiger partial charge >= 0.3 is 0 Å². The van der Waals surface area contributed by atoms with E-state index in [4.69, 9.17) is 0 Å². The third-order valence-electron chi connectivity index (χ3n) is 2.86. The highest BCUT2D eigenvalue weighted by atomic mass is 32.2. The highest BCUT2D eigenvalue weighted by molar-refractivity contribution is 7.89. The smallest absolute Gasteiger partial charge is 0.211 e. The van der Waals surface area contributed by atoms with Crippen LogP contribution in [-0.2, 0) is 16.4 Å². The Labute approximate surface area is 123 Å². The van der Waals surface area contributed by atoms with Gasteiger partial charge in [0, 0.05) is 29.4 Å². The highest BCUT2D eigenvalue weighted by Crippen LogP contribution is 2.27. The number of nitrogens with zero attached hydrogens (tertiary/aromatic N) is 2. The summed E-state index contributed by atoms with van der Waals surface area (Å²) in [6, 6.07) is 3.84. The molecular formula is C13H17N3O2S2. The van der Waals surface area contributed by atoms with E-state index in [1.54, 1.807) is 30.7 Å². The molecular weight excluding hydrogens is 294 g/mol. The molecule has 0 saturated heterocycles. The Kier molecular flexibility index (Phi) is 4.85. The summed E-state index contributed by atoms with van der Waals surface area (Å²) in [4.78, 5) is 9.70. The van der Waals surface area contributed by atoms with Crippen LogP contribution in [0.15, 0.2) is 24.5 Å². The molecule has 0 aliphatic heterocycles. The Morgan fingerprint density at radius 1 is 1.40 bits per heavy atom. The summed E-state index contributed by atoms with van der Waals surface area (Å²) in [5, 5.41) is 0.920. The minimum atomic E-state index is -3.12. The van der Waals surface area contributed by atoms with Gasteiger partial charge in [0.2, 0.25) is 10.0 Å². The lowest BCUT2D eigenvalue weighted by molar-refractivity contribution is 0.583. The summed E-state index contributed by atoms with van der Waals surface area (Å²) in [7, 11) is -3.12. The molecule has 0 aromatic carbocycles. The number of rotatable bonds is 6. The zero-order valence-electron chi connectivity index (χ0n) is 11.5. The maximum atomic E-state index is 11.4. The molecule has 0 atom stereocenters. The molecule has 0 aliphatic carbocycles. The molecule has 108 valence electrons. The van der Waals surface area contributed by atoms with Crippen molar-refractivity contribution < 1.29 is 8.42 Å². The van der Waals surface area contributed by atoms with E-state index in [-0.39, 0.29) is 5.75 Å². The number of hydrogen-bond acceptors (Lipinski definition) is 5. The molecule has 2 aromatic heterocycles. The molecule has 0 saturated carbocycles. The quantitative estimate of drug-likeness (QED) is 0.885. The fourth-order valence-corrected chi connectivity index (χ4v) is 3.36. The van der Waals surface area contributed by atoms with Gasteiger partial charge in [-0.1, -0.05) is 0 Å². The van der Waals surface area contributed by atoms with Gasteiger partial charge in [-0.15, -0.1) is 11.3 Å². The van der Waals surface area contributed by atoms with Crippen LogP contribution in [0.3, 0.4) is 0 Å². The average Bonchev–Trinajstić information content (AvgIpc) is 2.81. The highest BCUT2D eigenvalue weighted by Gasteiger charge is 2.11. The lowest BCUT2D eigenvalue weighted by Gasteiger charge is -2.02. The molecule has 2 rings (SSSR count). The molecule has 0 fully saturated rings. The fraction of sp³-hybridized carbons (Fsp3) is 0.385. The van der Waals surface area contributed by atoms with Crippen LogP contribution in [0.5, 0.6) is 0 Å². The largest absolute Gasteiger partial charge is 0.264 e. The van der Waals surface area contributed by atoms with E-state index in [9.17, 15) is 8.42 Å². The summed E-state index contributed by atoms with van der Waals surface area (Å²) in [6.45, 7) is 3.98. The second-order valence-corrected chi connectivity index (χ2v) is 7.50. The van der Waals surface area contributed by atoms with Crippen LogP contribution in [0.4, 0.5) is 0 Å². The lowest BCUT2D eigenvalue weighted by atomic mass is 10.3. The van der Waals surface area contributed by atoms with Crippen molar-refractivity contribution >= 4 is 21.4 Å². The lowest BCUT2D eigenvalue weighted by Crippen LogP contribution is -2.27. The van der Waals surface area contributed by atoms with Gasteiger partial charge < -0.3 is 0 Å². The van der Waals surface area contributed by atoms with Gasteiger partial charge in [0.05, 0.1) is 11.4 Å². The van der Waals surface area contributed by atoms with Crippen molar-refractivity contribution in [3.63, 3.8) is 0 Å². The van der Waals surface area contributed by atoms with Crippen LogP contribution < -0.4 is 4.72 Å². The van der Waals surface area contributed by atoms with E-state index in [0.717, 1.165) is 21.1 Å². The van der Waals surface area contributed by atoms with Crippen molar-refractivity contribution in [1.82, 2.24) is 14.7 Å². The summed E-state index contributed by atoms with van der Waals surface area (Å²) >= 11 is 1.58. The number of hydrogen-bond donors (Lipinski definition) is 1. The first-order valence-corrected chi connectivity index (χ1v) is 8.82. The van der Waals surface area contributed by atoms with Crippen LogP contribution in [0.2, 0.25) is 0 Å². The van der Waals surface area contributed by atoms with Gasteiger partial charge in [-0.3, -0.25) is 4.98 Å². The van der Waals surface area contributed by atoms with Crippen molar-refractivity contribution in [1.29, 1.82) is 0 Å². The van der Waals surface area contributed by atoms with Crippen molar-refractivity contribution in [2.45, 2.75) is 20.3 Å². The Hall–Kier alpha value is -1.31. The minimum Gasteiger partial charge on any atom is -0.264 e. The number of aromatic nitrogens is 2. The van der Waals surface area contributed by atoms with Gasteiger partial charge in [-0.2, -0.15) is 0 Å². The van der Waals surface area contributed by atoms with E-state index in [1.807, 2.05) is 19.1 Å². The Bertz CT molecular complexity index is 666. The monoisotopic (exact) mass is 311 g/mol. The van der Waals surface area contributed by atoms with Gasteiger partial charge in [-0.25, -0.2) is 18.1 Å². The van der Waals surface area contributed by atoms with Crippen molar-refractivity contribution in [3.05, 3.63) is 35.1 Å². The molecule has 0 bridgehead atoms. The molecule has 0 unspecified atom stereocenters. The zero-order chi connectivity index (χ0) is 14.6. The average molecular weight is 311 g/mol. The molecule has 5 nitrogen and oxygen atoms in total. The Morgan fingerprint density at radius 3 is 2.85 bits per heavy atom. The van der Waals surface area contributed by atoms with E-state index < -0.39 is 10.0 Å². The Balaban J connectivity index is 2.05. The molecule has 20 heavy (non-hydrogen) atoms. The molecule has 2 heterocycles. The van der Waals surface area contributed by atoms with Crippen LogP contribution >= 0.6 is 11.3 Å². The number of thiazole rings is 1. The fourth-order valence-electron chi connectivity index (χ4n) is 1.69. The predicted molar refractivity (Wildman–Crippen MR) is 81.2 cm³/mol. The molecule has 1 N–H and O–H groups in total. The maximum absolute atomic E-state index is 11.4. The summed E-state index contributed by atoms with van der Waals surface area (Å²) in [5.74, 6) is 0.107. The first-order valence-electron chi connectivity index (χ1n) is 6.36. The van der Waals surface area contributed by atoms with Crippen LogP contribution in [0.1, 0.15) is 17.5 Å². The van der Waals surface area contributed by atoms with Crippen LogP contribution in [-0.4, -0.2) is 30.7 Å². The second-order valence-electron chi connectivity index (χ2n) is 4.32. The van der Waals surface area contributed by atoms with E-state index in [0.29, 0.717) is 13.0 Å². The van der Waals surface area contributed by atoms with Crippen molar-refractivity contribution in [3.8, 4) is 10.6 Å². The third kappa shape index (κ3) is 3.84. The Morgan fingerprint density at radius 2 is 2.20 bits per heavy atom. The first kappa shape index (κ1) is 15.1. The van der Waals surface area contributed by atoms with Crippen LogP contribution in [0.25, 0.3) is 10.6 Å². The topological polar surface area (TPSA) is 72.0 Å². The molecule has 7 heteroatoms. The number of nitrogens with one attached hydrogen (secondary N) is 1. The number of sulfonamides is 1. The standard InChI is InChI=1S/C13H17N3O2S2/c1-3-20(17,18)15-8-6-12-10(2)16-13(19-12)11-5-4-7-14-9-11/h4-5,7,9,15H,3,6,8H2,1-2H3. The number of pyridine rings is 1. The van der Waals surface area contributed by atoms with Gasteiger partial charge in [0.15, 0.2) is 0 Å². The second kappa shape index (κ2) is 6.43. The van der Waals surface area contributed by atoms with E-state index >= 15 is 0 Å². The third-order valence-corrected chi connectivity index (χ3v) is 5.53. The van der Waals surface area contributed by atoms with Gasteiger partial charge in [0.25, 0.3) is 0 Å². The van der Waals surface area contributed by atoms with E-state index in [2.05, 4.69) is 14.7 Å². The predicted octanol–water partition coefficient (Wildman–Crippen LogP) is 2.00. The molecule has 0 amide bonds. The summed E-state index contributed by atoms with van der Waals surface area (Å²) < 4.78 is 25.3.